The monoisotopic (exact) mass is 115 g/mol. The average Bonchev–Trinajstić information content (AvgIpc) is 1.82. The molecule has 48 valence electrons. The Labute approximate surface area is 49.9 Å². The Kier molecular flexibility index (Phi) is 1.29. The molecule has 0 amide bonds. The molecule has 0 bridgehead atoms. The molecule has 0 spiro atoms. The molecule has 0 aromatic carbocycles. The smallest absolute Gasteiger partial charge is 0.0682 e. The van der Waals surface area contributed by atoms with Crippen molar-refractivity contribution in [1.29, 1.82) is 0 Å². The van der Waals surface area contributed by atoms with Gasteiger partial charge in [0.05, 0.1) is 6.10 Å². The molecule has 0 saturated carbocycles. The molecule has 2 N–H and O–H groups in total. The summed E-state index contributed by atoms with van der Waals surface area (Å²) in [4.78, 5) is 0. The molecule has 8 heavy (non-hydrogen) atoms. The van der Waals surface area contributed by atoms with Crippen molar-refractivity contribution in [3.63, 3.8) is 0 Å². The topological polar surface area (TPSA) is 32.3 Å². The van der Waals surface area contributed by atoms with Crippen LogP contribution in [0.4, 0.5) is 0 Å². The lowest BCUT2D eigenvalue weighted by molar-refractivity contribution is 0.188. The average molecular weight is 115 g/mol. The van der Waals surface area contributed by atoms with Gasteiger partial charge in [-0.25, -0.2) is 0 Å². The standard InChI is InChI=1S/C6H13NO/c1-6(2)3-5(8)4-7-6/h5,7-8H,3-4H2,1-2H3/t5-/m0/s1. The fourth-order valence-electron chi connectivity index (χ4n) is 1.13. The Hall–Kier alpha value is -0.0800. The predicted octanol–water partition coefficient (Wildman–Crippen LogP) is 0.119. The minimum absolute atomic E-state index is 0.120. The number of β-amino-alcohol motifs (C(OH)–C–C–N with tert-alkyl or cyclic N) is 1. The van der Waals surface area contributed by atoms with E-state index in [9.17, 15) is 0 Å². The fourth-order valence-corrected chi connectivity index (χ4v) is 1.13. The van der Waals surface area contributed by atoms with Gasteiger partial charge in [-0.05, 0) is 20.3 Å². The zero-order valence-corrected chi connectivity index (χ0v) is 5.44. The van der Waals surface area contributed by atoms with Crippen LogP contribution in [0.15, 0.2) is 0 Å². The highest BCUT2D eigenvalue weighted by atomic mass is 16.3. The molecule has 2 nitrogen and oxygen atoms in total. The van der Waals surface area contributed by atoms with Gasteiger partial charge in [0.2, 0.25) is 0 Å². The van der Waals surface area contributed by atoms with Crippen molar-refractivity contribution in [3.8, 4) is 0 Å². The van der Waals surface area contributed by atoms with Crippen LogP contribution in [-0.2, 0) is 0 Å². The normalized spacial score (nSPS) is 35.6. The summed E-state index contributed by atoms with van der Waals surface area (Å²) < 4.78 is 0. The van der Waals surface area contributed by atoms with Crippen molar-refractivity contribution in [2.75, 3.05) is 6.54 Å². The van der Waals surface area contributed by atoms with Crippen molar-refractivity contribution in [2.24, 2.45) is 0 Å². The number of nitrogens with one attached hydrogen (secondary N) is 1. The molecular weight excluding hydrogens is 102 g/mol. The van der Waals surface area contributed by atoms with Gasteiger partial charge in [0.1, 0.15) is 0 Å². The SMILES string of the molecule is CC1(C)C[C@H](O)CN1. The van der Waals surface area contributed by atoms with Crippen LogP contribution in [0.2, 0.25) is 0 Å². The van der Waals surface area contributed by atoms with Crippen molar-refractivity contribution in [1.82, 2.24) is 5.32 Å². The van der Waals surface area contributed by atoms with Crippen LogP contribution in [0.5, 0.6) is 0 Å². The van der Waals surface area contributed by atoms with E-state index < -0.39 is 0 Å². The number of aliphatic hydroxyl groups excluding tert-OH is 1. The van der Waals surface area contributed by atoms with Gasteiger partial charge in [-0.3, -0.25) is 0 Å². The first-order chi connectivity index (χ1) is 3.60. The number of hydrogen-bond acceptors (Lipinski definition) is 2. The number of hydrogen-bond donors (Lipinski definition) is 2. The predicted molar refractivity (Wildman–Crippen MR) is 32.7 cm³/mol. The lowest BCUT2D eigenvalue weighted by atomic mass is 10.0. The van der Waals surface area contributed by atoms with Gasteiger partial charge in [-0.2, -0.15) is 0 Å². The second kappa shape index (κ2) is 1.71. The van der Waals surface area contributed by atoms with E-state index in [0.717, 1.165) is 13.0 Å². The fraction of sp³-hybridized carbons (Fsp3) is 1.00. The van der Waals surface area contributed by atoms with Crippen LogP contribution in [-0.4, -0.2) is 23.3 Å². The Balaban J connectivity index is 2.44. The molecule has 1 aliphatic heterocycles. The summed E-state index contributed by atoms with van der Waals surface area (Å²) >= 11 is 0. The highest BCUT2D eigenvalue weighted by Gasteiger charge is 2.28. The largest absolute Gasteiger partial charge is 0.392 e. The van der Waals surface area contributed by atoms with Gasteiger partial charge in [0.25, 0.3) is 0 Å². The van der Waals surface area contributed by atoms with E-state index in [1.165, 1.54) is 0 Å². The van der Waals surface area contributed by atoms with Gasteiger partial charge >= 0.3 is 0 Å². The van der Waals surface area contributed by atoms with Gasteiger partial charge in [-0.15, -0.1) is 0 Å². The lowest BCUT2D eigenvalue weighted by Crippen LogP contribution is -2.31. The molecule has 1 saturated heterocycles. The molecule has 0 aromatic rings. The molecule has 1 rings (SSSR count). The van der Waals surface area contributed by atoms with Gasteiger partial charge in [0, 0.05) is 12.1 Å². The summed E-state index contributed by atoms with van der Waals surface area (Å²) in [5.41, 5.74) is 0.166. The molecular formula is C6H13NO. The highest BCUT2D eigenvalue weighted by Crippen LogP contribution is 2.16. The first-order valence-corrected chi connectivity index (χ1v) is 3.03. The summed E-state index contributed by atoms with van der Waals surface area (Å²) in [6.45, 7) is 4.96. The maximum absolute atomic E-state index is 9.00. The molecule has 1 atom stereocenters. The van der Waals surface area contributed by atoms with E-state index >= 15 is 0 Å². The number of rotatable bonds is 0. The Bertz CT molecular complexity index is 90.5. The summed E-state index contributed by atoms with van der Waals surface area (Å²) in [7, 11) is 0. The Morgan fingerprint density at radius 2 is 2.25 bits per heavy atom. The maximum Gasteiger partial charge on any atom is 0.0682 e. The zero-order valence-electron chi connectivity index (χ0n) is 5.44. The van der Waals surface area contributed by atoms with E-state index in [4.69, 9.17) is 5.11 Å². The molecule has 0 radical (unpaired) electrons. The molecule has 0 unspecified atom stereocenters. The third kappa shape index (κ3) is 1.20. The summed E-state index contributed by atoms with van der Waals surface area (Å²) in [5, 5.41) is 12.2. The van der Waals surface area contributed by atoms with Crippen LogP contribution in [0.25, 0.3) is 0 Å². The molecule has 0 aliphatic carbocycles. The summed E-state index contributed by atoms with van der Waals surface area (Å²) in [6, 6.07) is 0. The van der Waals surface area contributed by atoms with E-state index in [1.807, 2.05) is 0 Å². The Morgan fingerprint density at radius 1 is 1.62 bits per heavy atom. The molecule has 1 aliphatic rings. The second-order valence-corrected chi connectivity index (χ2v) is 3.12. The first kappa shape index (κ1) is 6.05. The van der Waals surface area contributed by atoms with E-state index in [0.29, 0.717) is 0 Å². The van der Waals surface area contributed by atoms with Crippen molar-refractivity contribution >= 4 is 0 Å². The first-order valence-electron chi connectivity index (χ1n) is 3.03. The quantitative estimate of drug-likeness (QED) is 0.470. The van der Waals surface area contributed by atoms with Crippen molar-refractivity contribution < 1.29 is 5.11 Å². The maximum atomic E-state index is 9.00. The van der Waals surface area contributed by atoms with Crippen LogP contribution < -0.4 is 5.32 Å². The van der Waals surface area contributed by atoms with Crippen molar-refractivity contribution in [2.45, 2.75) is 31.9 Å². The van der Waals surface area contributed by atoms with Crippen LogP contribution in [0.3, 0.4) is 0 Å². The van der Waals surface area contributed by atoms with Gasteiger partial charge < -0.3 is 10.4 Å². The molecule has 1 fully saturated rings. The third-order valence-electron chi connectivity index (χ3n) is 1.56. The zero-order chi connectivity index (χ0) is 6.20. The van der Waals surface area contributed by atoms with E-state index in [1.54, 1.807) is 0 Å². The van der Waals surface area contributed by atoms with E-state index in [2.05, 4.69) is 19.2 Å². The molecule has 1 heterocycles. The van der Waals surface area contributed by atoms with Gasteiger partial charge in [-0.1, -0.05) is 0 Å². The van der Waals surface area contributed by atoms with E-state index in [-0.39, 0.29) is 11.6 Å². The Morgan fingerprint density at radius 3 is 2.38 bits per heavy atom. The van der Waals surface area contributed by atoms with Crippen LogP contribution in [0.1, 0.15) is 20.3 Å². The molecule has 2 heteroatoms. The summed E-state index contributed by atoms with van der Waals surface area (Å²) in [6.07, 6.45) is 0.762. The van der Waals surface area contributed by atoms with Gasteiger partial charge in [0.15, 0.2) is 0 Å². The highest BCUT2D eigenvalue weighted by molar-refractivity contribution is 4.88. The molecule has 0 aromatic heterocycles. The third-order valence-corrected chi connectivity index (χ3v) is 1.56. The van der Waals surface area contributed by atoms with Crippen molar-refractivity contribution in [3.05, 3.63) is 0 Å². The minimum Gasteiger partial charge on any atom is -0.392 e. The lowest BCUT2D eigenvalue weighted by Gasteiger charge is -2.15. The van der Waals surface area contributed by atoms with Crippen LogP contribution in [0, 0.1) is 0 Å². The minimum atomic E-state index is -0.120. The van der Waals surface area contributed by atoms with Crippen LogP contribution >= 0.6 is 0 Å². The second-order valence-electron chi connectivity index (χ2n) is 3.12. The summed E-state index contributed by atoms with van der Waals surface area (Å²) in [5.74, 6) is 0. The number of aliphatic hydroxyl groups is 1.